The van der Waals surface area contributed by atoms with Crippen LogP contribution in [0.3, 0.4) is 0 Å². The summed E-state index contributed by atoms with van der Waals surface area (Å²) in [6.45, 7) is 2.04. The third-order valence-electron chi connectivity index (χ3n) is 4.69. The second-order valence-corrected chi connectivity index (χ2v) is 6.62. The van der Waals surface area contributed by atoms with E-state index in [0.29, 0.717) is 12.0 Å². The Hall–Kier alpha value is -3.47. The molecule has 0 bridgehead atoms. The molecule has 0 fully saturated rings. The van der Waals surface area contributed by atoms with Crippen LogP contribution in [-0.4, -0.2) is 26.7 Å². The summed E-state index contributed by atoms with van der Waals surface area (Å²) in [7, 11) is 0. The molecule has 0 saturated carbocycles. The average molecular weight is 357 g/mol. The van der Waals surface area contributed by atoms with E-state index in [1.807, 2.05) is 43.3 Å². The zero-order valence-electron chi connectivity index (χ0n) is 14.9. The van der Waals surface area contributed by atoms with Crippen molar-refractivity contribution in [3.8, 4) is 5.75 Å². The lowest BCUT2D eigenvalue weighted by atomic mass is 9.97. The van der Waals surface area contributed by atoms with E-state index in [-0.39, 0.29) is 17.7 Å². The summed E-state index contributed by atoms with van der Waals surface area (Å²) in [4.78, 5) is 17.1. The summed E-state index contributed by atoms with van der Waals surface area (Å²) in [6, 6.07) is 18.4. The maximum atomic E-state index is 13.1. The number of aromatic nitrogens is 1. The van der Waals surface area contributed by atoms with Crippen molar-refractivity contribution >= 4 is 11.6 Å². The van der Waals surface area contributed by atoms with Gasteiger partial charge in [-0.25, -0.2) is 5.01 Å². The molecular formula is C22H19N3O2. The van der Waals surface area contributed by atoms with Gasteiger partial charge in [-0.05, 0) is 54.4 Å². The fourth-order valence-corrected chi connectivity index (χ4v) is 3.20. The van der Waals surface area contributed by atoms with Crippen LogP contribution in [0.5, 0.6) is 5.75 Å². The highest BCUT2D eigenvalue weighted by Gasteiger charge is 2.33. The Kier molecular flexibility index (Phi) is 4.42. The number of carbonyl (C=O) groups is 1. The highest BCUT2D eigenvalue weighted by molar-refractivity contribution is 6.05. The van der Waals surface area contributed by atoms with Crippen molar-refractivity contribution in [2.45, 2.75) is 19.4 Å². The first-order valence-corrected chi connectivity index (χ1v) is 8.79. The molecular weight excluding hydrogens is 338 g/mol. The van der Waals surface area contributed by atoms with Crippen LogP contribution in [0, 0.1) is 6.92 Å². The molecule has 1 aliphatic rings. The number of amides is 1. The van der Waals surface area contributed by atoms with Crippen LogP contribution in [0.15, 0.2) is 78.2 Å². The first-order valence-electron chi connectivity index (χ1n) is 8.79. The predicted molar refractivity (Wildman–Crippen MR) is 104 cm³/mol. The van der Waals surface area contributed by atoms with Gasteiger partial charge in [0.25, 0.3) is 5.91 Å². The molecule has 0 radical (unpaired) electrons. The lowest BCUT2D eigenvalue weighted by Crippen LogP contribution is -2.27. The quantitative estimate of drug-likeness (QED) is 0.768. The second-order valence-electron chi connectivity index (χ2n) is 6.62. The largest absolute Gasteiger partial charge is 0.508 e. The van der Waals surface area contributed by atoms with Crippen LogP contribution in [0.2, 0.25) is 0 Å². The smallest absolute Gasteiger partial charge is 0.276 e. The van der Waals surface area contributed by atoms with E-state index < -0.39 is 0 Å². The molecule has 27 heavy (non-hydrogen) atoms. The molecule has 0 saturated heterocycles. The highest BCUT2D eigenvalue weighted by Crippen LogP contribution is 2.34. The van der Waals surface area contributed by atoms with Crippen molar-refractivity contribution < 1.29 is 9.90 Å². The van der Waals surface area contributed by atoms with Crippen molar-refractivity contribution in [3.63, 3.8) is 0 Å². The lowest BCUT2D eigenvalue weighted by molar-refractivity contribution is 0.0710. The number of rotatable bonds is 3. The number of hydrogen-bond acceptors (Lipinski definition) is 4. The van der Waals surface area contributed by atoms with Crippen molar-refractivity contribution in [2.75, 3.05) is 0 Å². The van der Waals surface area contributed by atoms with Crippen LogP contribution in [0.25, 0.3) is 0 Å². The number of carbonyl (C=O) groups excluding carboxylic acids is 1. The second kappa shape index (κ2) is 7.03. The minimum atomic E-state index is -0.179. The molecule has 1 aromatic heterocycles. The third-order valence-corrected chi connectivity index (χ3v) is 4.69. The molecule has 0 aliphatic carbocycles. The first kappa shape index (κ1) is 17.0. The Balaban J connectivity index is 1.72. The van der Waals surface area contributed by atoms with Crippen molar-refractivity contribution in [1.82, 2.24) is 9.99 Å². The Labute approximate surface area is 157 Å². The molecule has 2 aromatic carbocycles. The van der Waals surface area contributed by atoms with Gasteiger partial charge in [-0.2, -0.15) is 5.10 Å². The van der Waals surface area contributed by atoms with Gasteiger partial charge in [-0.3, -0.25) is 9.78 Å². The first-order chi connectivity index (χ1) is 13.1. The predicted octanol–water partition coefficient (Wildman–Crippen LogP) is 4.09. The molecule has 4 rings (SSSR count). The molecule has 5 nitrogen and oxygen atoms in total. The van der Waals surface area contributed by atoms with Gasteiger partial charge in [0.15, 0.2) is 0 Å². The van der Waals surface area contributed by atoms with Gasteiger partial charge >= 0.3 is 0 Å². The molecule has 1 aliphatic heterocycles. The summed E-state index contributed by atoms with van der Waals surface area (Å²) < 4.78 is 0. The van der Waals surface area contributed by atoms with Gasteiger partial charge in [0, 0.05) is 18.8 Å². The Bertz CT molecular complexity index is 980. The monoisotopic (exact) mass is 357 g/mol. The molecule has 2 heterocycles. The molecule has 5 heteroatoms. The number of pyridine rings is 1. The number of aromatic hydroxyl groups is 1. The maximum Gasteiger partial charge on any atom is 0.276 e. The Morgan fingerprint density at radius 2 is 1.81 bits per heavy atom. The van der Waals surface area contributed by atoms with E-state index in [1.54, 1.807) is 41.7 Å². The number of benzene rings is 2. The van der Waals surface area contributed by atoms with Crippen LogP contribution in [-0.2, 0) is 0 Å². The molecule has 0 spiro atoms. The SMILES string of the molecule is Cc1ccc(C2CC(c3ccc(O)cc3)=NN2C(=O)c2cccnc2)cc1. The van der Waals surface area contributed by atoms with E-state index in [4.69, 9.17) is 0 Å². The van der Waals surface area contributed by atoms with Crippen LogP contribution < -0.4 is 0 Å². The van der Waals surface area contributed by atoms with E-state index in [2.05, 4.69) is 10.1 Å². The number of hydrogen-bond donors (Lipinski definition) is 1. The minimum absolute atomic E-state index is 0.178. The summed E-state index contributed by atoms with van der Waals surface area (Å²) in [5, 5.41) is 15.7. The Morgan fingerprint density at radius 1 is 1.07 bits per heavy atom. The zero-order chi connectivity index (χ0) is 18.8. The van der Waals surface area contributed by atoms with E-state index in [9.17, 15) is 9.90 Å². The van der Waals surface area contributed by atoms with Gasteiger partial charge in [0.05, 0.1) is 17.3 Å². The highest BCUT2D eigenvalue weighted by atomic mass is 16.3. The van der Waals surface area contributed by atoms with Gasteiger partial charge in [-0.15, -0.1) is 0 Å². The number of hydrazone groups is 1. The average Bonchev–Trinajstić information content (AvgIpc) is 3.14. The number of phenols is 1. The fraction of sp³-hybridized carbons (Fsp3) is 0.136. The standard InChI is InChI=1S/C22H19N3O2/c1-15-4-6-17(7-5-15)21-13-20(16-8-10-19(26)11-9-16)24-25(21)22(27)18-3-2-12-23-14-18/h2-12,14,21,26H,13H2,1H3. The minimum Gasteiger partial charge on any atom is -0.508 e. The topological polar surface area (TPSA) is 65.8 Å². The molecule has 3 aromatic rings. The number of aryl methyl sites for hydroxylation is 1. The Morgan fingerprint density at radius 3 is 2.48 bits per heavy atom. The van der Waals surface area contributed by atoms with Crippen LogP contribution in [0.1, 0.15) is 39.5 Å². The van der Waals surface area contributed by atoms with Gasteiger partial charge in [0.1, 0.15) is 5.75 Å². The fourth-order valence-electron chi connectivity index (χ4n) is 3.20. The maximum absolute atomic E-state index is 13.1. The van der Waals surface area contributed by atoms with Gasteiger partial charge in [0.2, 0.25) is 0 Å². The zero-order valence-corrected chi connectivity index (χ0v) is 14.9. The van der Waals surface area contributed by atoms with Crippen molar-refractivity contribution in [3.05, 3.63) is 95.3 Å². The summed E-state index contributed by atoms with van der Waals surface area (Å²) in [6.07, 6.45) is 3.81. The summed E-state index contributed by atoms with van der Waals surface area (Å²) in [5.74, 6) is 0.0261. The van der Waals surface area contributed by atoms with E-state index in [0.717, 1.165) is 16.8 Å². The third kappa shape index (κ3) is 3.44. The molecule has 1 unspecified atom stereocenters. The van der Waals surface area contributed by atoms with Gasteiger partial charge < -0.3 is 5.11 Å². The van der Waals surface area contributed by atoms with E-state index >= 15 is 0 Å². The molecule has 1 atom stereocenters. The van der Waals surface area contributed by atoms with Crippen molar-refractivity contribution in [2.24, 2.45) is 5.10 Å². The van der Waals surface area contributed by atoms with E-state index in [1.165, 1.54) is 5.56 Å². The molecule has 1 N–H and O–H groups in total. The number of phenolic OH excluding ortho intramolecular Hbond substituents is 1. The summed E-state index contributed by atoms with van der Waals surface area (Å²) in [5.41, 5.74) is 4.42. The number of nitrogens with zero attached hydrogens (tertiary/aromatic N) is 3. The molecule has 134 valence electrons. The summed E-state index contributed by atoms with van der Waals surface area (Å²) >= 11 is 0. The van der Waals surface area contributed by atoms with Crippen LogP contribution >= 0.6 is 0 Å². The van der Waals surface area contributed by atoms with Crippen LogP contribution in [0.4, 0.5) is 0 Å². The van der Waals surface area contributed by atoms with Gasteiger partial charge in [-0.1, -0.05) is 29.8 Å². The van der Waals surface area contributed by atoms with Crippen molar-refractivity contribution in [1.29, 1.82) is 0 Å². The molecule has 1 amide bonds. The lowest BCUT2D eigenvalue weighted by Gasteiger charge is -2.22. The normalized spacial score (nSPS) is 16.3.